The van der Waals surface area contributed by atoms with Crippen molar-refractivity contribution >= 4 is 17.7 Å². The number of carbonyl (C=O) groups excluding carboxylic acids is 1. The van der Waals surface area contributed by atoms with Crippen molar-refractivity contribution in [1.29, 1.82) is 0 Å². The van der Waals surface area contributed by atoms with Gasteiger partial charge in [0, 0.05) is 18.9 Å². The van der Waals surface area contributed by atoms with E-state index in [1.807, 2.05) is 23.2 Å². The Morgan fingerprint density at radius 1 is 1.50 bits per heavy atom. The summed E-state index contributed by atoms with van der Waals surface area (Å²) in [7, 11) is 0. The summed E-state index contributed by atoms with van der Waals surface area (Å²) in [5, 5.41) is 0.340. The molecule has 98 valence electrons. The van der Waals surface area contributed by atoms with Crippen LogP contribution in [-0.4, -0.2) is 26.9 Å². The standard InChI is InChI=1S/C14H20N2OS/c1-3-12(4-2)14-16(13(17)10-18-14)9-11-6-5-7-15-8-11/h5-8,12,14H,3-4,9-10H2,1-2H3. The zero-order valence-electron chi connectivity index (χ0n) is 11.0. The molecule has 4 heteroatoms. The van der Waals surface area contributed by atoms with Crippen molar-refractivity contribution in [3.05, 3.63) is 30.1 Å². The first-order chi connectivity index (χ1) is 8.76. The van der Waals surface area contributed by atoms with Gasteiger partial charge in [-0.1, -0.05) is 32.8 Å². The minimum absolute atomic E-state index is 0.265. The van der Waals surface area contributed by atoms with Gasteiger partial charge in [-0.25, -0.2) is 0 Å². The predicted molar refractivity (Wildman–Crippen MR) is 75.1 cm³/mol. The van der Waals surface area contributed by atoms with Crippen LogP contribution in [0.15, 0.2) is 24.5 Å². The number of amides is 1. The number of nitrogens with zero attached hydrogens (tertiary/aromatic N) is 2. The quantitative estimate of drug-likeness (QED) is 0.820. The van der Waals surface area contributed by atoms with E-state index in [0.717, 1.165) is 18.4 Å². The van der Waals surface area contributed by atoms with Crippen LogP contribution >= 0.6 is 11.8 Å². The molecule has 0 bridgehead atoms. The average molecular weight is 264 g/mol. The summed E-state index contributed by atoms with van der Waals surface area (Å²) in [5.74, 6) is 1.49. The number of hydrogen-bond acceptors (Lipinski definition) is 3. The Morgan fingerprint density at radius 3 is 2.89 bits per heavy atom. The first-order valence-electron chi connectivity index (χ1n) is 6.56. The summed E-state index contributed by atoms with van der Waals surface area (Å²) in [6, 6.07) is 3.96. The van der Waals surface area contributed by atoms with Gasteiger partial charge >= 0.3 is 0 Å². The molecule has 2 rings (SSSR count). The van der Waals surface area contributed by atoms with Crippen LogP contribution < -0.4 is 0 Å². The SMILES string of the molecule is CCC(CC)C1SCC(=O)N1Cc1cccnc1. The molecule has 0 spiro atoms. The summed E-state index contributed by atoms with van der Waals surface area (Å²) in [5.41, 5.74) is 1.12. The van der Waals surface area contributed by atoms with Crippen molar-refractivity contribution in [2.75, 3.05) is 5.75 Å². The molecule has 0 saturated carbocycles. The molecule has 1 aliphatic heterocycles. The molecule has 0 aliphatic carbocycles. The van der Waals surface area contributed by atoms with E-state index in [9.17, 15) is 4.79 Å². The van der Waals surface area contributed by atoms with Crippen molar-refractivity contribution in [3.8, 4) is 0 Å². The van der Waals surface area contributed by atoms with E-state index >= 15 is 0 Å². The lowest BCUT2D eigenvalue weighted by Gasteiger charge is -2.29. The number of thioether (sulfide) groups is 1. The fourth-order valence-corrected chi connectivity index (χ4v) is 3.93. The number of aromatic nitrogens is 1. The van der Waals surface area contributed by atoms with Gasteiger partial charge in [0.15, 0.2) is 0 Å². The van der Waals surface area contributed by atoms with Gasteiger partial charge in [-0.15, -0.1) is 11.8 Å². The molecule has 0 aromatic carbocycles. The number of pyridine rings is 1. The maximum absolute atomic E-state index is 12.0. The molecule has 1 aromatic heterocycles. The summed E-state index contributed by atoms with van der Waals surface area (Å²) in [6.07, 6.45) is 5.87. The molecule has 1 atom stereocenters. The fourth-order valence-electron chi connectivity index (χ4n) is 2.42. The summed E-state index contributed by atoms with van der Waals surface area (Å²) in [6.45, 7) is 5.11. The van der Waals surface area contributed by atoms with Gasteiger partial charge in [-0.3, -0.25) is 9.78 Å². The fraction of sp³-hybridized carbons (Fsp3) is 0.571. The van der Waals surface area contributed by atoms with Crippen LogP contribution in [0.4, 0.5) is 0 Å². The first kappa shape index (κ1) is 13.4. The third-order valence-electron chi connectivity index (χ3n) is 3.53. The lowest BCUT2D eigenvalue weighted by Crippen LogP contribution is -2.36. The van der Waals surface area contributed by atoms with Crippen molar-refractivity contribution in [2.24, 2.45) is 5.92 Å². The van der Waals surface area contributed by atoms with E-state index in [1.54, 1.807) is 18.0 Å². The average Bonchev–Trinajstić information content (AvgIpc) is 2.75. The van der Waals surface area contributed by atoms with Crippen molar-refractivity contribution in [3.63, 3.8) is 0 Å². The maximum atomic E-state index is 12.0. The normalized spacial score (nSPS) is 19.8. The zero-order chi connectivity index (χ0) is 13.0. The molecule has 1 aromatic rings. The molecular weight excluding hydrogens is 244 g/mol. The third-order valence-corrected chi connectivity index (χ3v) is 4.93. The van der Waals surface area contributed by atoms with Crippen molar-refractivity contribution in [2.45, 2.75) is 38.6 Å². The van der Waals surface area contributed by atoms with E-state index in [-0.39, 0.29) is 5.91 Å². The third kappa shape index (κ3) is 2.86. The Kier molecular flexibility index (Phi) is 4.64. The van der Waals surface area contributed by atoms with Gasteiger partial charge in [0.25, 0.3) is 0 Å². The highest BCUT2D eigenvalue weighted by molar-refractivity contribution is 8.01. The van der Waals surface area contributed by atoms with Gasteiger partial charge in [-0.2, -0.15) is 0 Å². The number of rotatable bonds is 5. The molecule has 0 radical (unpaired) electrons. The van der Waals surface area contributed by atoms with Gasteiger partial charge in [0.05, 0.1) is 11.1 Å². The van der Waals surface area contributed by atoms with E-state index in [1.165, 1.54) is 0 Å². The largest absolute Gasteiger partial charge is 0.325 e. The van der Waals surface area contributed by atoms with E-state index in [4.69, 9.17) is 0 Å². The van der Waals surface area contributed by atoms with Gasteiger partial charge in [0.1, 0.15) is 0 Å². The van der Waals surface area contributed by atoms with E-state index in [0.29, 0.717) is 23.6 Å². The Hall–Kier alpha value is -1.03. The predicted octanol–water partition coefficient (Wildman–Crippen LogP) is 2.92. The van der Waals surface area contributed by atoms with Crippen LogP contribution in [0.5, 0.6) is 0 Å². The Morgan fingerprint density at radius 2 is 2.28 bits per heavy atom. The van der Waals surface area contributed by atoms with Crippen LogP contribution in [0.25, 0.3) is 0 Å². The Bertz CT molecular complexity index is 392. The molecule has 1 saturated heterocycles. The lowest BCUT2D eigenvalue weighted by atomic mass is 10.0. The monoisotopic (exact) mass is 264 g/mol. The topological polar surface area (TPSA) is 33.2 Å². The number of carbonyl (C=O) groups is 1. The van der Waals surface area contributed by atoms with Crippen LogP contribution in [0.1, 0.15) is 32.3 Å². The molecule has 1 unspecified atom stereocenters. The smallest absolute Gasteiger partial charge is 0.233 e. The van der Waals surface area contributed by atoms with E-state index in [2.05, 4.69) is 18.8 Å². The van der Waals surface area contributed by atoms with Crippen LogP contribution in [0.3, 0.4) is 0 Å². The van der Waals surface area contributed by atoms with Gasteiger partial charge < -0.3 is 4.90 Å². The molecule has 1 amide bonds. The van der Waals surface area contributed by atoms with E-state index < -0.39 is 0 Å². The van der Waals surface area contributed by atoms with Crippen LogP contribution in [0.2, 0.25) is 0 Å². The highest BCUT2D eigenvalue weighted by atomic mass is 32.2. The second kappa shape index (κ2) is 6.23. The molecule has 18 heavy (non-hydrogen) atoms. The molecular formula is C14H20N2OS. The molecule has 2 heterocycles. The van der Waals surface area contributed by atoms with Gasteiger partial charge in [0.2, 0.25) is 5.91 Å². The zero-order valence-corrected chi connectivity index (χ0v) is 11.8. The van der Waals surface area contributed by atoms with Crippen molar-refractivity contribution in [1.82, 2.24) is 9.88 Å². The minimum Gasteiger partial charge on any atom is -0.325 e. The highest BCUT2D eigenvalue weighted by Gasteiger charge is 2.35. The number of hydrogen-bond donors (Lipinski definition) is 0. The summed E-state index contributed by atoms with van der Waals surface area (Å²) < 4.78 is 0. The van der Waals surface area contributed by atoms with Crippen LogP contribution in [0, 0.1) is 5.92 Å². The van der Waals surface area contributed by atoms with Crippen molar-refractivity contribution < 1.29 is 4.79 Å². The Balaban J connectivity index is 2.10. The molecule has 1 aliphatic rings. The van der Waals surface area contributed by atoms with Gasteiger partial charge in [-0.05, 0) is 17.5 Å². The lowest BCUT2D eigenvalue weighted by molar-refractivity contribution is -0.129. The summed E-state index contributed by atoms with van der Waals surface area (Å²) >= 11 is 1.79. The minimum atomic E-state index is 0.265. The molecule has 3 nitrogen and oxygen atoms in total. The highest BCUT2D eigenvalue weighted by Crippen LogP contribution is 2.34. The first-order valence-corrected chi connectivity index (χ1v) is 7.61. The maximum Gasteiger partial charge on any atom is 0.233 e. The Labute approximate surface area is 113 Å². The second-order valence-corrected chi connectivity index (χ2v) is 5.77. The summed E-state index contributed by atoms with van der Waals surface area (Å²) in [4.78, 5) is 18.2. The van der Waals surface area contributed by atoms with Crippen LogP contribution in [-0.2, 0) is 11.3 Å². The molecule has 1 fully saturated rings. The molecule has 0 N–H and O–H groups in total. The second-order valence-electron chi connectivity index (χ2n) is 4.66.